The van der Waals surface area contributed by atoms with E-state index in [1.165, 1.54) is 0 Å². The molecule has 0 amide bonds. The van der Waals surface area contributed by atoms with E-state index in [1.807, 2.05) is 60.7 Å². The maximum absolute atomic E-state index is 6.18. The van der Waals surface area contributed by atoms with Gasteiger partial charge in [-0.1, -0.05) is 48.0 Å². The van der Waals surface area contributed by atoms with Crippen molar-refractivity contribution in [1.82, 2.24) is 0 Å². The molecule has 0 bridgehead atoms. The molecule has 0 aliphatic heterocycles. The molecule has 0 atom stereocenters. The van der Waals surface area contributed by atoms with Crippen LogP contribution in [0.15, 0.2) is 60.7 Å². The van der Waals surface area contributed by atoms with Gasteiger partial charge in [-0.25, -0.2) is 0 Å². The third-order valence-electron chi connectivity index (χ3n) is 2.97. The number of anilines is 1. The molecule has 3 rings (SSSR count). The van der Waals surface area contributed by atoms with E-state index in [9.17, 15) is 0 Å². The molecule has 3 heteroatoms. The van der Waals surface area contributed by atoms with E-state index in [2.05, 4.69) is 0 Å². The van der Waals surface area contributed by atoms with Crippen molar-refractivity contribution in [3.63, 3.8) is 0 Å². The maximum atomic E-state index is 6.18. The van der Waals surface area contributed by atoms with Gasteiger partial charge in [-0.2, -0.15) is 0 Å². The molecule has 0 radical (unpaired) electrons. The van der Waals surface area contributed by atoms with Gasteiger partial charge < -0.3 is 10.5 Å². The molecule has 0 aliphatic carbocycles. The molecule has 2 nitrogen and oxygen atoms in total. The van der Waals surface area contributed by atoms with Crippen molar-refractivity contribution in [2.75, 3.05) is 5.73 Å². The van der Waals surface area contributed by atoms with Gasteiger partial charge in [0.15, 0.2) is 0 Å². The summed E-state index contributed by atoms with van der Waals surface area (Å²) >= 11 is 6.18. The summed E-state index contributed by atoms with van der Waals surface area (Å²) in [6, 6.07) is 19.0. The van der Waals surface area contributed by atoms with Crippen LogP contribution < -0.4 is 10.5 Å². The zero-order chi connectivity index (χ0) is 13.2. The predicted octanol–water partition coefficient (Wildman–Crippen LogP) is 4.87. The Morgan fingerprint density at radius 2 is 1.42 bits per heavy atom. The second-order valence-corrected chi connectivity index (χ2v) is 4.64. The van der Waals surface area contributed by atoms with Crippen LogP contribution in [0.25, 0.3) is 10.8 Å². The van der Waals surface area contributed by atoms with Crippen molar-refractivity contribution in [3.05, 3.63) is 65.7 Å². The molecule has 0 aliphatic rings. The Labute approximate surface area is 116 Å². The van der Waals surface area contributed by atoms with Crippen LogP contribution in [0.2, 0.25) is 5.02 Å². The molecule has 2 N–H and O–H groups in total. The Morgan fingerprint density at radius 3 is 2.21 bits per heavy atom. The summed E-state index contributed by atoms with van der Waals surface area (Å²) < 4.78 is 5.89. The van der Waals surface area contributed by atoms with E-state index in [4.69, 9.17) is 22.1 Å². The van der Waals surface area contributed by atoms with Gasteiger partial charge in [-0.15, -0.1) is 0 Å². The Bertz CT molecular complexity index is 740. The molecule has 0 heterocycles. The molecule has 0 fully saturated rings. The SMILES string of the molecule is Nc1ccccc1Oc1ccc(Cl)c2ccccc12. The number of ether oxygens (including phenoxy) is 1. The number of rotatable bonds is 2. The molecule has 19 heavy (non-hydrogen) atoms. The topological polar surface area (TPSA) is 35.2 Å². The first-order valence-electron chi connectivity index (χ1n) is 5.95. The van der Waals surface area contributed by atoms with E-state index in [0.717, 1.165) is 16.5 Å². The third kappa shape index (κ3) is 2.23. The lowest BCUT2D eigenvalue weighted by Crippen LogP contribution is -1.92. The first-order valence-corrected chi connectivity index (χ1v) is 6.33. The van der Waals surface area contributed by atoms with E-state index in [1.54, 1.807) is 0 Å². The van der Waals surface area contributed by atoms with Crippen LogP contribution in [0.3, 0.4) is 0 Å². The Morgan fingerprint density at radius 1 is 0.737 bits per heavy atom. The first-order chi connectivity index (χ1) is 9.25. The number of benzene rings is 3. The second kappa shape index (κ2) is 4.82. The Hall–Kier alpha value is -2.19. The molecular formula is C16H12ClNO. The summed E-state index contributed by atoms with van der Waals surface area (Å²) in [7, 11) is 0. The molecule has 0 aromatic heterocycles. The van der Waals surface area contributed by atoms with Crippen molar-refractivity contribution < 1.29 is 4.74 Å². The normalized spacial score (nSPS) is 10.6. The highest BCUT2D eigenvalue weighted by Gasteiger charge is 2.07. The van der Waals surface area contributed by atoms with Crippen molar-refractivity contribution in [2.24, 2.45) is 0 Å². The van der Waals surface area contributed by atoms with Gasteiger partial charge in [0.1, 0.15) is 11.5 Å². The highest BCUT2D eigenvalue weighted by atomic mass is 35.5. The van der Waals surface area contributed by atoms with Crippen molar-refractivity contribution >= 4 is 28.1 Å². The minimum atomic E-state index is 0.613. The molecule has 0 unspecified atom stereocenters. The average Bonchev–Trinajstić information content (AvgIpc) is 2.44. The Kier molecular flexibility index (Phi) is 3.02. The molecular weight excluding hydrogens is 258 g/mol. The summed E-state index contributed by atoms with van der Waals surface area (Å²) in [4.78, 5) is 0. The lowest BCUT2D eigenvalue weighted by molar-refractivity contribution is 0.491. The molecule has 3 aromatic carbocycles. The summed E-state index contributed by atoms with van der Waals surface area (Å²) in [6.45, 7) is 0. The maximum Gasteiger partial charge on any atom is 0.150 e. The number of nitrogens with two attached hydrogens (primary N) is 1. The number of nitrogen functional groups attached to an aromatic ring is 1. The summed E-state index contributed by atoms with van der Waals surface area (Å²) in [5.74, 6) is 1.40. The van der Waals surface area contributed by atoms with E-state index < -0.39 is 0 Å². The van der Waals surface area contributed by atoms with Crippen molar-refractivity contribution in [1.29, 1.82) is 0 Å². The number of halogens is 1. The summed E-state index contributed by atoms with van der Waals surface area (Å²) in [5, 5.41) is 2.65. The number of hydrogen-bond donors (Lipinski definition) is 1. The summed E-state index contributed by atoms with van der Waals surface area (Å²) in [6.07, 6.45) is 0. The third-order valence-corrected chi connectivity index (χ3v) is 3.30. The van der Waals surface area contributed by atoms with Gasteiger partial charge in [0.25, 0.3) is 0 Å². The van der Waals surface area contributed by atoms with Crippen LogP contribution in [0, 0.1) is 0 Å². The highest BCUT2D eigenvalue weighted by molar-refractivity contribution is 6.35. The fourth-order valence-corrected chi connectivity index (χ4v) is 2.24. The largest absolute Gasteiger partial charge is 0.455 e. The van der Waals surface area contributed by atoms with Gasteiger partial charge in [0, 0.05) is 15.8 Å². The molecule has 0 spiro atoms. The predicted molar refractivity (Wildman–Crippen MR) is 79.9 cm³/mol. The quantitative estimate of drug-likeness (QED) is 0.674. The fraction of sp³-hybridized carbons (Fsp3) is 0. The van der Waals surface area contributed by atoms with Crippen LogP contribution in [0.5, 0.6) is 11.5 Å². The van der Waals surface area contributed by atoms with Crippen molar-refractivity contribution in [2.45, 2.75) is 0 Å². The van der Waals surface area contributed by atoms with E-state index in [-0.39, 0.29) is 0 Å². The molecule has 94 valence electrons. The van der Waals surface area contributed by atoms with Gasteiger partial charge in [0.2, 0.25) is 0 Å². The van der Waals surface area contributed by atoms with Crippen molar-refractivity contribution in [3.8, 4) is 11.5 Å². The molecule has 0 saturated heterocycles. The number of para-hydroxylation sites is 2. The van der Waals surface area contributed by atoms with Gasteiger partial charge in [-0.05, 0) is 24.3 Å². The van der Waals surface area contributed by atoms with Gasteiger partial charge >= 0.3 is 0 Å². The van der Waals surface area contributed by atoms with Crippen LogP contribution in [-0.4, -0.2) is 0 Å². The first kappa shape index (κ1) is 11.9. The minimum Gasteiger partial charge on any atom is -0.455 e. The smallest absolute Gasteiger partial charge is 0.150 e. The number of fused-ring (bicyclic) bond motifs is 1. The number of hydrogen-bond acceptors (Lipinski definition) is 2. The van der Waals surface area contributed by atoms with E-state index in [0.29, 0.717) is 16.5 Å². The second-order valence-electron chi connectivity index (χ2n) is 4.23. The van der Waals surface area contributed by atoms with Gasteiger partial charge in [0.05, 0.1) is 5.69 Å². The van der Waals surface area contributed by atoms with Crippen LogP contribution in [-0.2, 0) is 0 Å². The van der Waals surface area contributed by atoms with Crippen LogP contribution >= 0.6 is 11.6 Å². The Balaban J connectivity index is 2.12. The fourth-order valence-electron chi connectivity index (χ4n) is 2.02. The highest BCUT2D eigenvalue weighted by Crippen LogP contribution is 2.35. The van der Waals surface area contributed by atoms with Gasteiger partial charge in [-0.3, -0.25) is 0 Å². The van der Waals surface area contributed by atoms with E-state index >= 15 is 0 Å². The molecule has 3 aromatic rings. The zero-order valence-corrected chi connectivity index (χ0v) is 10.9. The molecule has 0 saturated carbocycles. The minimum absolute atomic E-state index is 0.613. The van der Waals surface area contributed by atoms with Crippen LogP contribution in [0.4, 0.5) is 5.69 Å². The lowest BCUT2D eigenvalue weighted by atomic mass is 10.1. The lowest BCUT2D eigenvalue weighted by Gasteiger charge is -2.11. The van der Waals surface area contributed by atoms with Crippen LogP contribution in [0.1, 0.15) is 0 Å². The monoisotopic (exact) mass is 269 g/mol. The summed E-state index contributed by atoms with van der Waals surface area (Å²) in [5.41, 5.74) is 6.50. The average molecular weight is 270 g/mol. The zero-order valence-electron chi connectivity index (χ0n) is 10.1. The standard InChI is InChI=1S/C16H12ClNO/c17-13-9-10-15(12-6-2-1-5-11(12)13)19-16-8-4-3-7-14(16)18/h1-10H,18H2.